The molecule has 0 radical (unpaired) electrons. The molecular formula is C32H23NS. The van der Waals surface area contributed by atoms with Crippen LogP contribution in [0.2, 0.25) is 0 Å². The zero-order valence-corrected chi connectivity index (χ0v) is 20.0. The van der Waals surface area contributed by atoms with Crippen molar-refractivity contribution in [2.45, 2.75) is 13.8 Å². The number of aromatic nitrogens is 1. The van der Waals surface area contributed by atoms with Crippen LogP contribution in [-0.4, -0.2) is 4.57 Å². The Morgan fingerprint density at radius 2 is 1.21 bits per heavy atom. The molecule has 2 heteroatoms. The Kier molecular flexibility index (Phi) is 4.21. The lowest BCUT2D eigenvalue weighted by molar-refractivity contribution is 1.19. The topological polar surface area (TPSA) is 4.93 Å². The Morgan fingerprint density at radius 1 is 0.500 bits per heavy atom. The number of nitrogens with zero attached hydrogens (tertiary/aromatic N) is 1. The van der Waals surface area contributed by atoms with E-state index in [1.165, 1.54) is 69.9 Å². The Balaban J connectivity index is 1.55. The second kappa shape index (κ2) is 7.31. The maximum atomic E-state index is 2.43. The highest BCUT2D eigenvalue weighted by atomic mass is 32.1. The van der Waals surface area contributed by atoms with Crippen molar-refractivity contribution < 1.29 is 0 Å². The summed E-state index contributed by atoms with van der Waals surface area (Å²) in [6.07, 6.45) is 0. The van der Waals surface area contributed by atoms with E-state index < -0.39 is 0 Å². The fourth-order valence-electron chi connectivity index (χ4n) is 5.42. The van der Waals surface area contributed by atoms with Gasteiger partial charge in [-0.25, -0.2) is 0 Å². The van der Waals surface area contributed by atoms with Gasteiger partial charge in [0, 0.05) is 36.6 Å². The van der Waals surface area contributed by atoms with Crippen LogP contribution in [0.1, 0.15) is 11.1 Å². The van der Waals surface area contributed by atoms with Gasteiger partial charge in [0.25, 0.3) is 0 Å². The lowest BCUT2D eigenvalue weighted by Gasteiger charge is -2.10. The van der Waals surface area contributed by atoms with Gasteiger partial charge in [-0.15, -0.1) is 11.3 Å². The van der Waals surface area contributed by atoms with E-state index in [0.717, 1.165) is 0 Å². The standard InChI is InChI=1S/C32H23NS/c1-20-15-21(2)17-23(16-20)22-11-13-26-25-7-3-5-9-29(25)33(30(26)18-22)24-12-14-32-28(19-24)27-8-4-6-10-31(27)34-32/h3-19H,1-2H3. The molecule has 34 heavy (non-hydrogen) atoms. The molecule has 0 N–H and O–H groups in total. The summed E-state index contributed by atoms with van der Waals surface area (Å²) in [6.45, 7) is 4.35. The molecule has 0 unspecified atom stereocenters. The smallest absolute Gasteiger partial charge is 0.0547 e. The van der Waals surface area contributed by atoms with E-state index in [1.54, 1.807) is 0 Å². The molecule has 0 atom stereocenters. The van der Waals surface area contributed by atoms with E-state index in [2.05, 4.69) is 122 Å². The second-order valence-corrected chi connectivity index (χ2v) is 10.3. The van der Waals surface area contributed by atoms with Crippen molar-refractivity contribution in [3.8, 4) is 16.8 Å². The minimum atomic E-state index is 1.21. The normalized spacial score (nSPS) is 11.8. The zero-order valence-electron chi connectivity index (χ0n) is 19.2. The van der Waals surface area contributed by atoms with Crippen LogP contribution in [0.3, 0.4) is 0 Å². The van der Waals surface area contributed by atoms with Crippen molar-refractivity contribution in [1.82, 2.24) is 4.57 Å². The third kappa shape index (κ3) is 2.92. The van der Waals surface area contributed by atoms with Crippen LogP contribution < -0.4 is 0 Å². The van der Waals surface area contributed by atoms with E-state index in [9.17, 15) is 0 Å². The summed E-state index contributed by atoms with van der Waals surface area (Å²) >= 11 is 1.87. The van der Waals surface area contributed by atoms with E-state index in [4.69, 9.17) is 0 Å². The summed E-state index contributed by atoms with van der Waals surface area (Å²) in [5, 5.41) is 5.24. The minimum absolute atomic E-state index is 1.21. The van der Waals surface area contributed by atoms with Gasteiger partial charge in [-0.3, -0.25) is 0 Å². The Labute approximate surface area is 202 Å². The molecule has 0 saturated heterocycles. The number of hydrogen-bond acceptors (Lipinski definition) is 1. The molecule has 0 aliphatic carbocycles. The molecule has 7 aromatic rings. The lowest BCUT2D eigenvalue weighted by atomic mass is 9.99. The summed E-state index contributed by atoms with van der Waals surface area (Å²) in [4.78, 5) is 0. The fraction of sp³-hybridized carbons (Fsp3) is 0.0625. The molecule has 162 valence electrons. The molecule has 0 aliphatic rings. The van der Waals surface area contributed by atoms with Crippen molar-refractivity contribution in [2.24, 2.45) is 0 Å². The van der Waals surface area contributed by atoms with Gasteiger partial charge in [-0.2, -0.15) is 0 Å². The van der Waals surface area contributed by atoms with Gasteiger partial charge in [-0.05, 0) is 61.4 Å². The van der Waals surface area contributed by atoms with Crippen molar-refractivity contribution in [3.63, 3.8) is 0 Å². The molecule has 2 heterocycles. The first-order chi connectivity index (χ1) is 16.7. The monoisotopic (exact) mass is 453 g/mol. The van der Waals surface area contributed by atoms with Crippen LogP contribution in [0.4, 0.5) is 0 Å². The number of fused-ring (bicyclic) bond motifs is 6. The predicted molar refractivity (Wildman–Crippen MR) is 149 cm³/mol. The molecule has 0 fully saturated rings. The van der Waals surface area contributed by atoms with Gasteiger partial charge < -0.3 is 4.57 Å². The van der Waals surface area contributed by atoms with Crippen LogP contribution in [-0.2, 0) is 0 Å². The number of thiophene rings is 1. The van der Waals surface area contributed by atoms with Crippen LogP contribution in [0.25, 0.3) is 58.8 Å². The van der Waals surface area contributed by atoms with Crippen molar-refractivity contribution in [3.05, 3.63) is 114 Å². The largest absolute Gasteiger partial charge is 0.309 e. The number of benzene rings is 5. The lowest BCUT2D eigenvalue weighted by Crippen LogP contribution is -1.93. The summed E-state index contributed by atoms with van der Waals surface area (Å²) in [6, 6.07) is 38.1. The molecule has 0 saturated carbocycles. The maximum Gasteiger partial charge on any atom is 0.0547 e. The van der Waals surface area contributed by atoms with Crippen molar-refractivity contribution in [2.75, 3.05) is 0 Å². The molecule has 0 aliphatic heterocycles. The van der Waals surface area contributed by atoms with E-state index in [0.29, 0.717) is 0 Å². The zero-order chi connectivity index (χ0) is 22.8. The highest BCUT2D eigenvalue weighted by molar-refractivity contribution is 7.25. The number of hydrogen-bond donors (Lipinski definition) is 0. The second-order valence-electron chi connectivity index (χ2n) is 9.24. The third-order valence-corrected chi connectivity index (χ3v) is 8.00. The number of aryl methyl sites for hydroxylation is 2. The molecule has 0 bridgehead atoms. The molecular weight excluding hydrogens is 430 g/mol. The molecule has 2 aromatic heterocycles. The first kappa shape index (κ1) is 19.6. The van der Waals surface area contributed by atoms with Crippen LogP contribution in [0, 0.1) is 13.8 Å². The van der Waals surface area contributed by atoms with Crippen LogP contribution in [0.15, 0.2) is 103 Å². The molecule has 1 nitrogen and oxygen atoms in total. The van der Waals surface area contributed by atoms with Gasteiger partial charge in [-0.1, -0.05) is 77.9 Å². The summed E-state index contributed by atoms with van der Waals surface area (Å²) < 4.78 is 5.11. The first-order valence-corrected chi connectivity index (χ1v) is 12.5. The number of para-hydroxylation sites is 1. The van der Waals surface area contributed by atoms with Gasteiger partial charge in [0.05, 0.1) is 11.0 Å². The van der Waals surface area contributed by atoms with Gasteiger partial charge >= 0.3 is 0 Å². The fourth-order valence-corrected chi connectivity index (χ4v) is 6.51. The number of rotatable bonds is 2. The van der Waals surface area contributed by atoms with Crippen LogP contribution >= 0.6 is 11.3 Å². The van der Waals surface area contributed by atoms with Gasteiger partial charge in [0.1, 0.15) is 0 Å². The average Bonchev–Trinajstić information content (AvgIpc) is 3.38. The minimum Gasteiger partial charge on any atom is -0.309 e. The van der Waals surface area contributed by atoms with E-state index in [-0.39, 0.29) is 0 Å². The summed E-state index contributed by atoms with van der Waals surface area (Å²) in [7, 11) is 0. The Bertz CT molecular complexity index is 1860. The molecule has 0 amide bonds. The highest BCUT2D eigenvalue weighted by Gasteiger charge is 2.15. The van der Waals surface area contributed by atoms with E-state index in [1.807, 2.05) is 11.3 Å². The summed E-state index contributed by atoms with van der Waals surface area (Å²) in [5.74, 6) is 0. The maximum absolute atomic E-state index is 2.43. The van der Waals surface area contributed by atoms with Gasteiger partial charge in [0.2, 0.25) is 0 Å². The quantitative estimate of drug-likeness (QED) is 0.246. The predicted octanol–water partition coefficient (Wildman–Crippen LogP) is 9.44. The molecule has 0 spiro atoms. The Hall–Kier alpha value is -3.88. The van der Waals surface area contributed by atoms with Crippen molar-refractivity contribution in [1.29, 1.82) is 0 Å². The Morgan fingerprint density at radius 3 is 2.06 bits per heavy atom. The summed E-state index contributed by atoms with van der Waals surface area (Å²) in [5.41, 5.74) is 8.82. The van der Waals surface area contributed by atoms with Crippen molar-refractivity contribution >= 4 is 53.3 Å². The van der Waals surface area contributed by atoms with Crippen LogP contribution in [0.5, 0.6) is 0 Å². The average molecular weight is 454 g/mol. The third-order valence-electron chi connectivity index (χ3n) is 6.85. The molecule has 7 rings (SSSR count). The highest BCUT2D eigenvalue weighted by Crippen LogP contribution is 2.38. The van der Waals surface area contributed by atoms with Gasteiger partial charge in [0.15, 0.2) is 0 Å². The first-order valence-electron chi connectivity index (χ1n) is 11.7. The van der Waals surface area contributed by atoms with E-state index >= 15 is 0 Å². The molecule has 5 aromatic carbocycles. The SMILES string of the molecule is Cc1cc(C)cc(-c2ccc3c4ccccc4n(-c4ccc5sc6ccccc6c5c4)c3c2)c1.